The lowest BCUT2D eigenvalue weighted by molar-refractivity contribution is 0.0240. The molecule has 0 unspecified atom stereocenters. The summed E-state index contributed by atoms with van der Waals surface area (Å²) >= 11 is 1.22. The predicted molar refractivity (Wildman–Crippen MR) is 109 cm³/mol. The summed E-state index contributed by atoms with van der Waals surface area (Å²) in [6.07, 6.45) is 1.22. The van der Waals surface area contributed by atoms with Crippen LogP contribution in [0, 0.1) is 0 Å². The van der Waals surface area contributed by atoms with Crippen LogP contribution in [0.3, 0.4) is 0 Å². The van der Waals surface area contributed by atoms with Gasteiger partial charge in [0.1, 0.15) is 5.60 Å². The van der Waals surface area contributed by atoms with Crippen LogP contribution in [0.5, 0.6) is 0 Å². The monoisotopic (exact) mass is 424 g/mol. The third kappa shape index (κ3) is 5.14. The SMILES string of the molecule is CC(C)(C)OC(=O)N1CCN(c2cccc(S(=O)(=O)Nc3nccs3)c2)CC1. The van der Waals surface area contributed by atoms with E-state index in [-0.39, 0.29) is 11.0 Å². The van der Waals surface area contributed by atoms with Crippen molar-refractivity contribution < 1.29 is 17.9 Å². The summed E-state index contributed by atoms with van der Waals surface area (Å²) in [7, 11) is -3.70. The summed E-state index contributed by atoms with van der Waals surface area (Å²) in [5.41, 5.74) is 0.271. The van der Waals surface area contributed by atoms with E-state index in [4.69, 9.17) is 4.74 Å². The van der Waals surface area contributed by atoms with Gasteiger partial charge in [0.2, 0.25) is 0 Å². The molecule has 1 amide bonds. The van der Waals surface area contributed by atoms with Crippen molar-refractivity contribution in [1.82, 2.24) is 9.88 Å². The van der Waals surface area contributed by atoms with Crippen LogP contribution in [0.25, 0.3) is 0 Å². The molecule has 1 aliphatic rings. The molecule has 0 spiro atoms. The average molecular weight is 425 g/mol. The van der Waals surface area contributed by atoms with Gasteiger partial charge in [-0.2, -0.15) is 0 Å². The second-order valence-electron chi connectivity index (χ2n) is 7.39. The first-order valence-electron chi connectivity index (χ1n) is 8.89. The number of carbonyl (C=O) groups is 1. The molecule has 1 aromatic carbocycles. The maximum Gasteiger partial charge on any atom is 0.410 e. The molecule has 1 fully saturated rings. The first kappa shape index (κ1) is 20.4. The fourth-order valence-corrected chi connectivity index (χ4v) is 4.60. The molecule has 2 aromatic rings. The lowest BCUT2D eigenvalue weighted by atomic mass is 10.2. The van der Waals surface area contributed by atoms with Gasteiger partial charge in [0.15, 0.2) is 5.13 Å². The third-order valence-corrected chi connectivity index (χ3v) is 6.23. The fourth-order valence-electron chi connectivity index (χ4n) is 2.77. The van der Waals surface area contributed by atoms with Crippen LogP contribution in [-0.2, 0) is 14.8 Å². The van der Waals surface area contributed by atoms with E-state index in [2.05, 4.69) is 14.6 Å². The van der Waals surface area contributed by atoms with E-state index in [9.17, 15) is 13.2 Å². The Morgan fingerprint density at radius 1 is 1.21 bits per heavy atom. The molecule has 152 valence electrons. The topological polar surface area (TPSA) is 91.8 Å². The van der Waals surface area contributed by atoms with Crippen LogP contribution in [0.4, 0.5) is 15.6 Å². The van der Waals surface area contributed by atoms with Crippen molar-refractivity contribution in [2.24, 2.45) is 0 Å². The van der Waals surface area contributed by atoms with Gasteiger partial charge in [0.05, 0.1) is 4.90 Å². The van der Waals surface area contributed by atoms with Crippen LogP contribution in [0.15, 0.2) is 40.7 Å². The van der Waals surface area contributed by atoms with E-state index < -0.39 is 15.6 Å². The normalized spacial score (nSPS) is 15.4. The molecule has 0 radical (unpaired) electrons. The number of nitrogens with zero attached hydrogens (tertiary/aromatic N) is 3. The van der Waals surface area contributed by atoms with Gasteiger partial charge in [-0.1, -0.05) is 6.07 Å². The highest BCUT2D eigenvalue weighted by Crippen LogP contribution is 2.24. The van der Waals surface area contributed by atoms with Crippen molar-refractivity contribution in [1.29, 1.82) is 0 Å². The van der Waals surface area contributed by atoms with Crippen molar-refractivity contribution in [3.8, 4) is 0 Å². The maximum absolute atomic E-state index is 12.6. The number of nitrogens with one attached hydrogen (secondary N) is 1. The number of thiazole rings is 1. The van der Waals surface area contributed by atoms with E-state index in [0.29, 0.717) is 31.3 Å². The second kappa shape index (κ2) is 7.96. The highest BCUT2D eigenvalue weighted by molar-refractivity contribution is 7.93. The van der Waals surface area contributed by atoms with Crippen LogP contribution < -0.4 is 9.62 Å². The number of piperazine rings is 1. The van der Waals surface area contributed by atoms with Gasteiger partial charge in [-0.25, -0.2) is 18.2 Å². The Hall–Kier alpha value is -2.33. The highest BCUT2D eigenvalue weighted by atomic mass is 32.2. The number of hydrogen-bond acceptors (Lipinski definition) is 7. The minimum Gasteiger partial charge on any atom is -0.444 e. The van der Waals surface area contributed by atoms with Gasteiger partial charge in [-0.05, 0) is 39.0 Å². The zero-order valence-corrected chi connectivity index (χ0v) is 17.7. The van der Waals surface area contributed by atoms with Crippen molar-refractivity contribution >= 4 is 38.3 Å². The molecule has 1 saturated heterocycles. The van der Waals surface area contributed by atoms with Crippen LogP contribution in [0.1, 0.15) is 20.8 Å². The number of sulfonamides is 1. The minimum atomic E-state index is -3.70. The van der Waals surface area contributed by atoms with Crippen LogP contribution in [0.2, 0.25) is 0 Å². The Bertz CT molecular complexity index is 915. The zero-order chi connectivity index (χ0) is 20.4. The van der Waals surface area contributed by atoms with Crippen molar-refractivity contribution in [3.05, 3.63) is 35.8 Å². The lowest BCUT2D eigenvalue weighted by Crippen LogP contribution is -2.50. The number of amides is 1. The van der Waals surface area contributed by atoms with E-state index in [1.807, 2.05) is 26.8 Å². The molecule has 1 N–H and O–H groups in total. The van der Waals surface area contributed by atoms with Crippen LogP contribution >= 0.6 is 11.3 Å². The number of rotatable bonds is 4. The summed E-state index contributed by atoms with van der Waals surface area (Å²) in [4.78, 5) is 20.1. The highest BCUT2D eigenvalue weighted by Gasteiger charge is 2.26. The first-order valence-corrected chi connectivity index (χ1v) is 11.3. The van der Waals surface area contributed by atoms with Gasteiger partial charge in [-0.15, -0.1) is 11.3 Å². The second-order valence-corrected chi connectivity index (χ2v) is 9.97. The Labute approximate surface area is 169 Å². The molecule has 8 nitrogen and oxygen atoms in total. The van der Waals surface area contributed by atoms with Gasteiger partial charge in [0.25, 0.3) is 10.0 Å². The molecule has 1 aliphatic heterocycles. The van der Waals surface area contributed by atoms with Crippen molar-refractivity contribution in [2.75, 3.05) is 35.8 Å². The number of ether oxygens (including phenoxy) is 1. The average Bonchev–Trinajstić information content (AvgIpc) is 3.13. The molecule has 1 aromatic heterocycles. The Balaban J connectivity index is 1.66. The first-order chi connectivity index (χ1) is 13.1. The molecule has 0 atom stereocenters. The van der Waals surface area contributed by atoms with E-state index in [0.717, 1.165) is 5.69 Å². The van der Waals surface area contributed by atoms with Gasteiger partial charge >= 0.3 is 6.09 Å². The number of anilines is 2. The molecule has 0 saturated carbocycles. The maximum atomic E-state index is 12.6. The summed E-state index contributed by atoms with van der Waals surface area (Å²) in [5, 5.41) is 2.04. The standard InChI is InChI=1S/C18H24N4O4S2/c1-18(2,3)26-17(23)22-10-8-21(9-11-22)14-5-4-6-15(13-14)28(24,25)20-16-19-7-12-27-16/h4-7,12-13H,8-11H2,1-3H3,(H,19,20). The van der Waals surface area contributed by atoms with Gasteiger partial charge < -0.3 is 14.5 Å². The van der Waals surface area contributed by atoms with Crippen molar-refractivity contribution in [2.45, 2.75) is 31.3 Å². The number of benzene rings is 1. The van der Waals surface area contributed by atoms with E-state index in [1.54, 1.807) is 34.7 Å². The molecule has 2 heterocycles. The third-order valence-electron chi connectivity index (χ3n) is 4.08. The predicted octanol–water partition coefficient (Wildman–Crippen LogP) is 3.00. The Morgan fingerprint density at radius 3 is 2.54 bits per heavy atom. The molecular weight excluding hydrogens is 400 g/mol. The molecule has 10 heteroatoms. The fraction of sp³-hybridized carbons (Fsp3) is 0.444. The van der Waals surface area contributed by atoms with Gasteiger partial charge in [0, 0.05) is 43.4 Å². The Morgan fingerprint density at radius 2 is 1.93 bits per heavy atom. The van der Waals surface area contributed by atoms with Gasteiger partial charge in [-0.3, -0.25) is 4.72 Å². The summed E-state index contributed by atoms with van der Waals surface area (Å²) < 4.78 is 33.0. The van der Waals surface area contributed by atoms with Crippen LogP contribution in [-0.4, -0.2) is 56.2 Å². The van der Waals surface area contributed by atoms with E-state index >= 15 is 0 Å². The summed E-state index contributed by atoms with van der Waals surface area (Å²) in [5.74, 6) is 0. The summed E-state index contributed by atoms with van der Waals surface area (Å²) in [6, 6.07) is 6.77. The smallest absolute Gasteiger partial charge is 0.410 e. The van der Waals surface area contributed by atoms with E-state index in [1.165, 1.54) is 11.3 Å². The minimum absolute atomic E-state index is 0.176. The number of carbonyl (C=O) groups excluding carboxylic acids is 1. The zero-order valence-electron chi connectivity index (χ0n) is 16.1. The largest absolute Gasteiger partial charge is 0.444 e. The molecular formula is C18H24N4O4S2. The lowest BCUT2D eigenvalue weighted by Gasteiger charge is -2.36. The molecule has 0 bridgehead atoms. The number of aromatic nitrogens is 1. The quantitative estimate of drug-likeness (QED) is 0.811. The van der Waals surface area contributed by atoms with Crippen molar-refractivity contribution in [3.63, 3.8) is 0 Å². The Kier molecular flexibility index (Phi) is 5.80. The molecule has 0 aliphatic carbocycles. The number of hydrogen-bond donors (Lipinski definition) is 1. The summed E-state index contributed by atoms with van der Waals surface area (Å²) in [6.45, 7) is 7.75. The molecule has 3 rings (SSSR count). The molecule has 28 heavy (non-hydrogen) atoms.